The number of hydrogen-bond donors (Lipinski definition) is 1. The number of nitrogens with zero attached hydrogens (tertiary/aromatic N) is 2. The predicted molar refractivity (Wildman–Crippen MR) is 193 cm³/mol. The Bertz CT molecular complexity index is 2000. The van der Waals surface area contributed by atoms with E-state index < -0.39 is 0 Å². The molecule has 232 valence electrons. The number of para-hydroxylation sites is 1. The Morgan fingerprint density at radius 2 is 1.15 bits per heavy atom. The maximum absolute atomic E-state index is 11.7. The fraction of sp³-hybridized carbons (Fsp3) is 0.233. The van der Waals surface area contributed by atoms with Crippen molar-refractivity contribution >= 4 is 0 Å². The minimum absolute atomic E-state index is 0.328. The SMILES string of the molecule is Cc1ccc(-c2ccc(-c3ccccc3)cc2)c(-c2ccc(C)c(-c3n(-c4c(C(C)C)cccc4C(C)C)cc[n+]3C)c2C)c1O. The largest absolute Gasteiger partial charge is 0.507 e. The van der Waals surface area contributed by atoms with E-state index in [0.29, 0.717) is 17.6 Å². The predicted octanol–water partition coefficient (Wildman–Crippen LogP) is 10.8. The van der Waals surface area contributed by atoms with Gasteiger partial charge in [0.2, 0.25) is 0 Å². The lowest BCUT2D eigenvalue weighted by Gasteiger charge is -2.20. The van der Waals surface area contributed by atoms with Gasteiger partial charge in [-0.1, -0.05) is 125 Å². The molecule has 0 spiro atoms. The average molecular weight is 606 g/mol. The highest BCUT2D eigenvalue weighted by Crippen LogP contribution is 2.45. The zero-order valence-corrected chi connectivity index (χ0v) is 28.4. The molecule has 0 bridgehead atoms. The topological polar surface area (TPSA) is 29.0 Å². The lowest BCUT2D eigenvalue weighted by Crippen LogP contribution is -2.30. The Morgan fingerprint density at radius 1 is 0.587 bits per heavy atom. The fourth-order valence-electron chi connectivity index (χ4n) is 6.89. The zero-order chi connectivity index (χ0) is 32.7. The van der Waals surface area contributed by atoms with E-state index in [1.54, 1.807) is 0 Å². The van der Waals surface area contributed by atoms with E-state index in [9.17, 15) is 5.11 Å². The van der Waals surface area contributed by atoms with Crippen molar-refractivity contribution in [1.29, 1.82) is 0 Å². The molecule has 0 aliphatic heterocycles. The van der Waals surface area contributed by atoms with Crippen molar-refractivity contribution in [2.45, 2.75) is 60.3 Å². The molecule has 0 amide bonds. The van der Waals surface area contributed by atoms with Gasteiger partial charge in [-0.05, 0) is 77.1 Å². The molecule has 0 saturated carbocycles. The minimum atomic E-state index is 0.328. The van der Waals surface area contributed by atoms with Gasteiger partial charge in [0.05, 0.1) is 12.6 Å². The van der Waals surface area contributed by atoms with Gasteiger partial charge in [-0.25, -0.2) is 4.57 Å². The number of imidazole rings is 1. The second-order valence-electron chi connectivity index (χ2n) is 13.2. The van der Waals surface area contributed by atoms with Crippen LogP contribution in [-0.4, -0.2) is 9.67 Å². The van der Waals surface area contributed by atoms with Gasteiger partial charge in [0.25, 0.3) is 5.82 Å². The first-order valence-electron chi connectivity index (χ1n) is 16.4. The number of hydrogen-bond acceptors (Lipinski definition) is 1. The van der Waals surface area contributed by atoms with E-state index in [1.807, 2.05) is 19.1 Å². The van der Waals surface area contributed by atoms with E-state index in [2.05, 4.69) is 155 Å². The van der Waals surface area contributed by atoms with Crippen LogP contribution < -0.4 is 4.57 Å². The maximum Gasteiger partial charge on any atom is 0.294 e. The summed E-state index contributed by atoms with van der Waals surface area (Å²) >= 11 is 0. The molecular formula is C43H45N2O+. The Morgan fingerprint density at radius 3 is 1.78 bits per heavy atom. The van der Waals surface area contributed by atoms with E-state index in [0.717, 1.165) is 39.2 Å². The number of phenols is 1. The number of rotatable bonds is 7. The Balaban J connectivity index is 1.57. The third-order valence-electron chi connectivity index (χ3n) is 9.43. The first-order chi connectivity index (χ1) is 22.1. The fourth-order valence-corrected chi connectivity index (χ4v) is 6.89. The lowest BCUT2D eigenvalue weighted by atomic mass is 9.86. The first-order valence-corrected chi connectivity index (χ1v) is 16.4. The maximum atomic E-state index is 11.7. The first kappa shape index (κ1) is 31.1. The normalized spacial score (nSPS) is 11.5. The molecule has 1 N–H and O–H groups in total. The molecule has 6 aromatic rings. The van der Waals surface area contributed by atoms with Crippen LogP contribution in [0.4, 0.5) is 0 Å². The molecule has 0 aliphatic rings. The molecule has 6 rings (SSSR count). The smallest absolute Gasteiger partial charge is 0.294 e. The van der Waals surface area contributed by atoms with Crippen LogP contribution in [0.1, 0.15) is 67.3 Å². The molecule has 1 aromatic heterocycles. The summed E-state index contributed by atoms with van der Waals surface area (Å²) in [5, 5.41) is 11.7. The van der Waals surface area contributed by atoms with Gasteiger partial charge >= 0.3 is 0 Å². The van der Waals surface area contributed by atoms with E-state index >= 15 is 0 Å². The number of phenolic OH excluding ortho intramolecular Hbond substituents is 1. The third kappa shape index (κ3) is 5.45. The summed E-state index contributed by atoms with van der Waals surface area (Å²) in [6.07, 6.45) is 4.36. The van der Waals surface area contributed by atoms with Crippen LogP contribution in [0.5, 0.6) is 5.75 Å². The van der Waals surface area contributed by atoms with Crippen molar-refractivity contribution in [3.8, 4) is 56.2 Å². The van der Waals surface area contributed by atoms with Crippen molar-refractivity contribution in [2.24, 2.45) is 7.05 Å². The van der Waals surface area contributed by atoms with E-state index in [4.69, 9.17) is 0 Å². The van der Waals surface area contributed by atoms with Gasteiger partial charge < -0.3 is 5.11 Å². The summed E-state index contributed by atoms with van der Waals surface area (Å²) in [5.41, 5.74) is 14.7. The van der Waals surface area contributed by atoms with Crippen molar-refractivity contribution in [1.82, 2.24) is 4.57 Å². The minimum Gasteiger partial charge on any atom is -0.507 e. The number of benzene rings is 5. The van der Waals surface area contributed by atoms with Crippen molar-refractivity contribution in [3.63, 3.8) is 0 Å². The lowest BCUT2D eigenvalue weighted by molar-refractivity contribution is -0.659. The molecule has 3 heteroatoms. The van der Waals surface area contributed by atoms with Crippen LogP contribution in [0.2, 0.25) is 0 Å². The molecule has 0 aliphatic carbocycles. The quantitative estimate of drug-likeness (QED) is 0.180. The van der Waals surface area contributed by atoms with Gasteiger partial charge in [-0.2, -0.15) is 4.57 Å². The van der Waals surface area contributed by atoms with E-state index in [1.165, 1.54) is 39.1 Å². The molecule has 3 nitrogen and oxygen atoms in total. The summed E-state index contributed by atoms with van der Waals surface area (Å²) in [7, 11) is 2.13. The van der Waals surface area contributed by atoms with Crippen LogP contribution in [0.15, 0.2) is 109 Å². The second-order valence-corrected chi connectivity index (χ2v) is 13.2. The average Bonchev–Trinajstić information content (AvgIpc) is 3.43. The molecule has 0 saturated heterocycles. The Hall–Kier alpha value is -4.89. The third-order valence-corrected chi connectivity index (χ3v) is 9.43. The molecule has 0 fully saturated rings. The van der Waals surface area contributed by atoms with Gasteiger partial charge in [-0.3, -0.25) is 0 Å². The molecule has 0 atom stereocenters. The number of aryl methyl sites for hydroxylation is 3. The van der Waals surface area contributed by atoms with Crippen molar-refractivity contribution < 1.29 is 9.67 Å². The zero-order valence-electron chi connectivity index (χ0n) is 28.4. The number of aromatic hydroxyl groups is 1. The second kappa shape index (κ2) is 12.5. The molecule has 5 aromatic carbocycles. The standard InChI is InChI=1S/C43H44N2O/c1-27(2)35-15-12-16-36(28(3)4)41(35)45-26-25-44(8)43(45)39-29(5)17-23-37(31(39)7)40-38(24-18-30(6)42(40)46)34-21-19-33(20-22-34)32-13-10-9-11-14-32/h9-28H,1-8H3/p+1. The summed E-state index contributed by atoms with van der Waals surface area (Å²) in [4.78, 5) is 0. The molecular weight excluding hydrogens is 560 g/mol. The van der Waals surface area contributed by atoms with Crippen LogP contribution in [-0.2, 0) is 7.05 Å². The monoisotopic (exact) mass is 605 g/mol. The summed E-state index contributed by atoms with van der Waals surface area (Å²) in [6.45, 7) is 15.5. The van der Waals surface area contributed by atoms with E-state index in [-0.39, 0.29) is 0 Å². The highest BCUT2D eigenvalue weighted by atomic mass is 16.3. The molecule has 0 unspecified atom stereocenters. The Kier molecular flexibility index (Phi) is 8.44. The Labute approximate surface area is 274 Å². The van der Waals surface area contributed by atoms with Gasteiger partial charge in [-0.15, -0.1) is 0 Å². The van der Waals surface area contributed by atoms with Crippen molar-refractivity contribution in [3.05, 3.63) is 137 Å². The molecule has 1 heterocycles. The summed E-state index contributed by atoms with van der Waals surface area (Å²) < 4.78 is 4.63. The summed E-state index contributed by atoms with van der Waals surface area (Å²) in [6, 6.07) is 34.4. The van der Waals surface area contributed by atoms with Gasteiger partial charge in [0.15, 0.2) is 0 Å². The van der Waals surface area contributed by atoms with Crippen LogP contribution in [0.3, 0.4) is 0 Å². The molecule has 46 heavy (non-hydrogen) atoms. The van der Waals surface area contributed by atoms with Crippen LogP contribution in [0.25, 0.3) is 50.5 Å². The van der Waals surface area contributed by atoms with Crippen molar-refractivity contribution in [2.75, 3.05) is 0 Å². The summed E-state index contributed by atoms with van der Waals surface area (Å²) in [5.74, 6) is 2.22. The highest BCUT2D eigenvalue weighted by Gasteiger charge is 2.29. The van der Waals surface area contributed by atoms with Gasteiger partial charge in [0.1, 0.15) is 23.8 Å². The number of aromatic nitrogens is 2. The highest BCUT2D eigenvalue weighted by molar-refractivity contribution is 5.92. The van der Waals surface area contributed by atoms with Gasteiger partial charge in [0, 0.05) is 16.7 Å². The molecule has 0 radical (unpaired) electrons. The van der Waals surface area contributed by atoms with Crippen LogP contribution in [0, 0.1) is 20.8 Å². The van der Waals surface area contributed by atoms with Crippen LogP contribution >= 0.6 is 0 Å².